The van der Waals surface area contributed by atoms with Crippen molar-refractivity contribution >= 4 is 43.6 Å². The molecule has 0 N–H and O–H groups in total. The summed E-state index contributed by atoms with van der Waals surface area (Å²) in [7, 11) is 0. The fourth-order valence-corrected chi connectivity index (χ4v) is 8.49. The zero-order valence-corrected chi connectivity index (χ0v) is 27.1. The summed E-state index contributed by atoms with van der Waals surface area (Å²) >= 11 is 0. The molecule has 2 nitrogen and oxygen atoms in total. The van der Waals surface area contributed by atoms with Crippen molar-refractivity contribution in [3.63, 3.8) is 0 Å². The van der Waals surface area contributed by atoms with E-state index in [2.05, 4.69) is 48.5 Å². The lowest BCUT2D eigenvalue weighted by Gasteiger charge is -2.34. The summed E-state index contributed by atoms with van der Waals surface area (Å²) in [5.41, 5.74) is 7.45. The van der Waals surface area contributed by atoms with Gasteiger partial charge in [-0.05, 0) is 75.8 Å². The molecule has 10 aromatic rings. The quantitative estimate of drug-likeness (QED) is 0.178. The van der Waals surface area contributed by atoms with Crippen LogP contribution >= 0.6 is 0 Å². The van der Waals surface area contributed by atoms with Crippen molar-refractivity contribution in [1.29, 1.82) is 0 Å². The Morgan fingerprint density at radius 2 is 0.922 bits per heavy atom. The lowest BCUT2D eigenvalue weighted by Crippen LogP contribution is -2.28. The fourth-order valence-electron chi connectivity index (χ4n) is 8.49. The van der Waals surface area contributed by atoms with Crippen LogP contribution in [-0.2, 0) is 5.41 Å². The van der Waals surface area contributed by atoms with Crippen LogP contribution in [0.5, 0.6) is 0 Å². The van der Waals surface area contributed by atoms with Crippen molar-refractivity contribution in [2.24, 2.45) is 0 Å². The number of hydrogen-bond acceptors (Lipinski definition) is 0. The van der Waals surface area contributed by atoms with Crippen LogP contribution < -0.4 is 0 Å². The highest BCUT2D eigenvalue weighted by Crippen LogP contribution is 2.56. The molecule has 0 saturated carbocycles. The van der Waals surface area contributed by atoms with Gasteiger partial charge in [0.15, 0.2) is 0 Å². The Balaban J connectivity index is 1.30. The van der Waals surface area contributed by atoms with Crippen LogP contribution in [0, 0.1) is 0 Å². The molecule has 11 rings (SSSR count). The minimum Gasteiger partial charge on any atom is -0.309 e. The van der Waals surface area contributed by atoms with Gasteiger partial charge in [-0.2, -0.15) is 0 Å². The molecular weight excluding hydrogens is 617 g/mol. The minimum absolute atomic E-state index is 0.0553. The van der Waals surface area contributed by atoms with Crippen LogP contribution in [0.25, 0.3) is 66.1 Å². The summed E-state index contributed by atoms with van der Waals surface area (Å²) in [5.74, 6) is 0. The predicted molar refractivity (Wildman–Crippen MR) is 212 cm³/mol. The zero-order valence-electron chi connectivity index (χ0n) is 37.1. The second-order valence-electron chi connectivity index (χ2n) is 12.9. The molecule has 0 bridgehead atoms. The highest BCUT2D eigenvalue weighted by atomic mass is 15.0. The maximum absolute atomic E-state index is 9.71. The second-order valence-corrected chi connectivity index (χ2v) is 12.9. The average Bonchev–Trinajstić information content (AvgIpc) is 3.94. The van der Waals surface area contributed by atoms with Gasteiger partial charge < -0.3 is 9.13 Å². The first-order chi connectivity index (χ1) is 29.5. The first kappa shape index (κ1) is 20.1. The van der Waals surface area contributed by atoms with Crippen LogP contribution in [0.15, 0.2) is 194 Å². The third kappa shape index (κ3) is 3.76. The number of hydrogen-bond donors (Lipinski definition) is 0. The molecule has 238 valence electrons. The number of benzene rings is 8. The topological polar surface area (TPSA) is 9.86 Å². The SMILES string of the molecule is [2H]c1c([2H])c([2H])c2c(c1[2H])c1c(c([2H])c([2H])c3c4c([2H])c([2H])c([2H])c([2H])c4n(-c4ccccc4)c31)n2-c1ccc(C2(c3ccccc3)c3ccccc3-c3ccccc32)cc1. The zero-order chi connectivity index (χ0) is 42.2. The van der Waals surface area contributed by atoms with Gasteiger partial charge in [0.2, 0.25) is 0 Å². The highest BCUT2D eigenvalue weighted by Gasteiger charge is 2.45. The van der Waals surface area contributed by atoms with E-state index in [0.29, 0.717) is 11.4 Å². The van der Waals surface area contributed by atoms with Gasteiger partial charge in [-0.15, -0.1) is 0 Å². The van der Waals surface area contributed by atoms with E-state index >= 15 is 0 Å². The molecular formula is C49H32N2. The van der Waals surface area contributed by atoms with Gasteiger partial charge in [0.25, 0.3) is 0 Å². The predicted octanol–water partition coefficient (Wildman–Crippen LogP) is 12.2. The molecule has 0 amide bonds. The number of nitrogens with zero attached hydrogens (tertiary/aromatic N) is 2. The number of para-hydroxylation sites is 3. The molecule has 0 aliphatic heterocycles. The molecule has 2 heterocycles. The Morgan fingerprint density at radius 1 is 0.392 bits per heavy atom. The highest BCUT2D eigenvalue weighted by molar-refractivity contribution is 6.26. The van der Waals surface area contributed by atoms with Gasteiger partial charge in [0.05, 0.1) is 41.2 Å². The Kier molecular flexibility index (Phi) is 4.22. The van der Waals surface area contributed by atoms with Crippen LogP contribution in [0.4, 0.5) is 0 Å². The lowest BCUT2D eigenvalue weighted by atomic mass is 9.68. The van der Waals surface area contributed by atoms with E-state index < -0.39 is 29.6 Å². The largest absolute Gasteiger partial charge is 0.309 e. The van der Waals surface area contributed by atoms with Crippen LogP contribution in [0.2, 0.25) is 0 Å². The van der Waals surface area contributed by atoms with E-state index in [1.165, 1.54) is 0 Å². The molecule has 8 aromatic carbocycles. The maximum atomic E-state index is 9.71. The first-order valence-electron chi connectivity index (χ1n) is 21.9. The molecule has 0 saturated heterocycles. The molecule has 0 spiro atoms. The Hall–Kier alpha value is -6.64. The first-order valence-corrected chi connectivity index (χ1v) is 16.9. The molecule has 51 heavy (non-hydrogen) atoms. The van der Waals surface area contributed by atoms with Gasteiger partial charge >= 0.3 is 0 Å². The van der Waals surface area contributed by atoms with Crippen molar-refractivity contribution < 1.29 is 13.7 Å². The Morgan fingerprint density at radius 3 is 1.61 bits per heavy atom. The third-order valence-electron chi connectivity index (χ3n) is 10.5. The van der Waals surface area contributed by atoms with Gasteiger partial charge in [0, 0.05) is 32.9 Å². The van der Waals surface area contributed by atoms with Gasteiger partial charge in [-0.3, -0.25) is 0 Å². The number of fused-ring (bicyclic) bond motifs is 10. The molecule has 1 aliphatic carbocycles. The van der Waals surface area contributed by atoms with Gasteiger partial charge in [-0.1, -0.05) is 151 Å². The van der Waals surface area contributed by atoms with Crippen molar-refractivity contribution in [3.8, 4) is 22.5 Å². The number of rotatable bonds is 4. The molecule has 0 radical (unpaired) electrons. The van der Waals surface area contributed by atoms with Crippen LogP contribution in [0.3, 0.4) is 0 Å². The second kappa shape index (κ2) is 10.7. The summed E-state index contributed by atoms with van der Waals surface area (Å²) in [6, 6.07) is 40.1. The summed E-state index contributed by atoms with van der Waals surface area (Å²) < 4.78 is 94.6. The van der Waals surface area contributed by atoms with Crippen LogP contribution in [0.1, 0.15) is 36.0 Å². The Bertz CT molecular complexity index is 3480. The summed E-state index contributed by atoms with van der Waals surface area (Å²) in [5, 5.41) is 0.491. The molecule has 0 fully saturated rings. The summed E-state index contributed by atoms with van der Waals surface area (Å²) in [6.45, 7) is 0. The van der Waals surface area contributed by atoms with Crippen molar-refractivity contribution in [2.45, 2.75) is 5.41 Å². The fraction of sp³-hybridized carbons (Fsp3) is 0.0204. The molecule has 2 heteroatoms. The summed E-state index contributed by atoms with van der Waals surface area (Å²) in [6.07, 6.45) is 0. The van der Waals surface area contributed by atoms with E-state index in [4.69, 9.17) is 8.22 Å². The van der Waals surface area contributed by atoms with E-state index in [1.807, 2.05) is 60.7 Å². The molecule has 1 aliphatic rings. The lowest BCUT2D eigenvalue weighted by molar-refractivity contribution is 0.768. The smallest absolute Gasteiger partial charge is 0.0713 e. The summed E-state index contributed by atoms with van der Waals surface area (Å²) in [4.78, 5) is 0. The normalized spacial score (nSPS) is 16.0. The maximum Gasteiger partial charge on any atom is 0.0713 e. The van der Waals surface area contributed by atoms with E-state index in [1.54, 1.807) is 33.4 Å². The van der Waals surface area contributed by atoms with Gasteiger partial charge in [-0.25, -0.2) is 0 Å². The standard InChI is InChI=1S/C49H32N2/c1-3-15-33(16-4-1)49(42-23-11-7-19-37(42)38-20-8-12-24-43(38)49)34-27-29-36(30-28-34)50-45-26-14-10-22-41(45)47-46(50)32-31-40-39-21-9-13-25-44(39)51(48(40)47)35-17-5-2-6-18-35/h1-32H/i9D,10D,13D,14D,21D,22D,25D,26D,31D,32D. The van der Waals surface area contributed by atoms with Crippen LogP contribution in [-0.4, -0.2) is 9.13 Å². The van der Waals surface area contributed by atoms with Crippen molar-refractivity contribution in [1.82, 2.24) is 9.13 Å². The monoisotopic (exact) mass is 658 g/mol. The molecule has 0 atom stereocenters. The molecule has 2 aromatic heterocycles. The van der Waals surface area contributed by atoms with Gasteiger partial charge in [0.1, 0.15) is 0 Å². The minimum atomic E-state index is -0.704. The van der Waals surface area contributed by atoms with Crippen molar-refractivity contribution in [3.05, 3.63) is 216 Å². The third-order valence-corrected chi connectivity index (χ3v) is 10.5. The van der Waals surface area contributed by atoms with E-state index in [9.17, 15) is 5.48 Å². The molecule has 0 unspecified atom stereocenters. The van der Waals surface area contributed by atoms with E-state index in [0.717, 1.165) is 33.4 Å². The van der Waals surface area contributed by atoms with E-state index in [-0.39, 0.29) is 79.9 Å². The number of aromatic nitrogens is 2. The average molecular weight is 659 g/mol. The van der Waals surface area contributed by atoms with Crippen molar-refractivity contribution in [2.75, 3.05) is 0 Å². The Labute approximate surface area is 310 Å².